The highest BCUT2D eigenvalue weighted by Crippen LogP contribution is 2.33. The molecule has 0 spiro atoms. The van der Waals surface area contributed by atoms with Crippen LogP contribution in [0.25, 0.3) is 0 Å². The van der Waals surface area contributed by atoms with E-state index in [2.05, 4.69) is 10.3 Å². The van der Waals surface area contributed by atoms with Crippen LogP contribution in [0.4, 0.5) is 15.8 Å². The lowest BCUT2D eigenvalue weighted by Gasteiger charge is -2.19. The highest BCUT2D eigenvalue weighted by Gasteiger charge is 2.36. The number of aromatic nitrogens is 1. The summed E-state index contributed by atoms with van der Waals surface area (Å²) in [5.41, 5.74) is 1.13. The maximum absolute atomic E-state index is 13.0. The first kappa shape index (κ1) is 20.3. The highest BCUT2D eigenvalue weighted by molar-refractivity contribution is 6.04. The topological polar surface area (TPSA) is 80.8 Å². The Hall–Kier alpha value is -3.94. The van der Waals surface area contributed by atoms with Gasteiger partial charge in [-0.1, -0.05) is 12.1 Å². The van der Waals surface area contributed by atoms with Crippen LogP contribution >= 0.6 is 0 Å². The fourth-order valence-electron chi connectivity index (χ4n) is 3.35. The number of rotatable bonds is 6. The zero-order chi connectivity index (χ0) is 21.8. The minimum absolute atomic E-state index is 0.114. The molecule has 1 unspecified atom stereocenters. The summed E-state index contributed by atoms with van der Waals surface area (Å²) in [5, 5.41) is 2.79. The van der Waals surface area contributed by atoms with Crippen LogP contribution < -0.4 is 19.7 Å². The Morgan fingerprint density at radius 2 is 1.90 bits per heavy atom. The molecule has 1 aromatic heterocycles. The molecule has 8 heteroatoms. The van der Waals surface area contributed by atoms with E-state index in [9.17, 15) is 14.0 Å². The van der Waals surface area contributed by atoms with Crippen LogP contribution in [0.15, 0.2) is 66.9 Å². The van der Waals surface area contributed by atoms with Crippen LogP contribution in [0.1, 0.15) is 6.42 Å². The zero-order valence-electron chi connectivity index (χ0n) is 16.7. The number of para-hydroxylation sites is 2. The first-order chi connectivity index (χ1) is 15.0. The Labute approximate surface area is 178 Å². The lowest BCUT2D eigenvalue weighted by Crippen LogP contribution is -2.28. The van der Waals surface area contributed by atoms with Gasteiger partial charge in [0.25, 0.3) is 0 Å². The molecule has 1 aliphatic rings. The van der Waals surface area contributed by atoms with Crippen molar-refractivity contribution in [1.82, 2.24) is 4.98 Å². The van der Waals surface area contributed by atoms with Crippen molar-refractivity contribution in [3.05, 3.63) is 72.7 Å². The number of methoxy groups -OCH3 is 1. The van der Waals surface area contributed by atoms with Gasteiger partial charge >= 0.3 is 0 Å². The van der Waals surface area contributed by atoms with Gasteiger partial charge in [0.1, 0.15) is 17.3 Å². The second-order valence-electron chi connectivity index (χ2n) is 7.01. The molecule has 0 radical (unpaired) electrons. The number of amides is 2. The van der Waals surface area contributed by atoms with E-state index >= 15 is 0 Å². The van der Waals surface area contributed by atoms with Crippen LogP contribution in [0.5, 0.6) is 17.4 Å². The average molecular weight is 421 g/mol. The van der Waals surface area contributed by atoms with Crippen molar-refractivity contribution in [1.29, 1.82) is 0 Å². The Morgan fingerprint density at radius 1 is 1.13 bits per heavy atom. The minimum Gasteiger partial charge on any atom is -0.495 e. The lowest BCUT2D eigenvalue weighted by molar-refractivity contribution is -0.122. The molecule has 2 heterocycles. The van der Waals surface area contributed by atoms with Gasteiger partial charge < -0.3 is 19.7 Å². The van der Waals surface area contributed by atoms with Gasteiger partial charge in [0.05, 0.1) is 30.6 Å². The first-order valence-corrected chi connectivity index (χ1v) is 9.67. The highest BCUT2D eigenvalue weighted by atomic mass is 19.1. The summed E-state index contributed by atoms with van der Waals surface area (Å²) in [6.45, 7) is 0.268. The number of benzene rings is 2. The predicted octanol–water partition coefficient (Wildman–Crippen LogP) is 4.01. The number of ether oxygens (including phenoxy) is 2. The van der Waals surface area contributed by atoms with E-state index < -0.39 is 5.92 Å². The lowest BCUT2D eigenvalue weighted by atomic mass is 10.1. The third-order valence-electron chi connectivity index (χ3n) is 4.91. The normalized spacial score (nSPS) is 15.6. The van der Waals surface area contributed by atoms with Crippen LogP contribution in [0.3, 0.4) is 0 Å². The van der Waals surface area contributed by atoms with E-state index in [0.717, 1.165) is 0 Å². The molecule has 7 nitrogen and oxygen atoms in total. The van der Waals surface area contributed by atoms with Crippen LogP contribution in [0.2, 0.25) is 0 Å². The minimum atomic E-state index is -0.493. The van der Waals surface area contributed by atoms with Crippen molar-refractivity contribution >= 4 is 23.2 Å². The maximum Gasteiger partial charge on any atom is 0.229 e. The SMILES string of the molecule is COc1ccccc1N1CC(C(=O)Nc2ccc(Oc3ccc(F)cc3)nc2)CC1=O. The van der Waals surface area contributed by atoms with E-state index in [0.29, 0.717) is 28.8 Å². The Balaban J connectivity index is 1.38. The second kappa shape index (κ2) is 8.83. The van der Waals surface area contributed by atoms with Crippen molar-refractivity contribution in [3.63, 3.8) is 0 Å². The van der Waals surface area contributed by atoms with Gasteiger partial charge in [0.2, 0.25) is 17.7 Å². The Kier molecular flexibility index (Phi) is 5.79. The zero-order valence-corrected chi connectivity index (χ0v) is 16.7. The van der Waals surface area contributed by atoms with Crippen molar-refractivity contribution in [2.75, 3.05) is 23.9 Å². The molecule has 1 atom stereocenters. The molecule has 1 fully saturated rings. The quantitative estimate of drug-likeness (QED) is 0.650. The number of nitrogens with one attached hydrogen (secondary N) is 1. The summed E-state index contributed by atoms with van der Waals surface area (Å²) in [4.78, 5) is 30.9. The third kappa shape index (κ3) is 4.63. The number of anilines is 2. The van der Waals surface area contributed by atoms with Crippen molar-refractivity contribution < 1.29 is 23.5 Å². The van der Waals surface area contributed by atoms with E-state index in [1.54, 1.807) is 36.3 Å². The van der Waals surface area contributed by atoms with Gasteiger partial charge in [-0.05, 0) is 42.5 Å². The van der Waals surface area contributed by atoms with E-state index in [1.165, 1.54) is 30.5 Å². The molecule has 4 rings (SSSR count). The monoisotopic (exact) mass is 421 g/mol. The summed E-state index contributed by atoms with van der Waals surface area (Å²) in [6, 6.07) is 16.0. The molecule has 0 aliphatic carbocycles. The van der Waals surface area contributed by atoms with Crippen LogP contribution in [-0.2, 0) is 9.59 Å². The van der Waals surface area contributed by atoms with Crippen molar-refractivity contribution in [2.45, 2.75) is 6.42 Å². The molecule has 158 valence electrons. The molecular weight excluding hydrogens is 401 g/mol. The molecular formula is C23H20FN3O4. The summed E-state index contributed by atoms with van der Waals surface area (Å²) >= 11 is 0. The van der Waals surface area contributed by atoms with Crippen molar-refractivity contribution in [2.24, 2.45) is 5.92 Å². The fourth-order valence-corrected chi connectivity index (χ4v) is 3.35. The third-order valence-corrected chi connectivity index (χ3v) is 4.91. The molecule has 0 bridgehead atoms. The summed E-state index contributed by atoms with van der Waals surface area (Å²) in [5.74, 6) is 0.0959. The van der Waals surface area contributed by atoms with Gasteiger partial charge in [-0.2, -0.15) is 0 Å². The number of carbonyl (C=O) groups excluding carboxylic acids is 2. The standard InChI is InChI=1S/C23H20FN3O4/c1-30-20-5-3-2-4-19(20)27-14-15(12-22(27)28)23(29)26-17-8-11-21(25-13-17)31-18-9-6-16(24)7-10-18/h2-11,13,15H,12,14H2,1H3,(H,26,29). The van der Waals surface area contributed by atoms with Gasteiger partial charge in [-0.25, -0.2) is 9.37 Å². The van der Waals surface area contributed by atoms with Gasteiger partial charge in [0.15, 0.2) is 0 Å². The van der Waals surface area contributed by atoms with Gasteiger partial charge in [-0.15, -0.1) is 0 Å². The molecule has 2 aromatic carbocycles. The molecule has 2 amide bonds. The average Bonchev–Trinajstić information content (AvgIpc) is 3.18. The van der Waals surface area contributed by atoms with Crippen LogP contribution in [0, 0.1) is 11.7 Å². The molecule has 31 heavy (non-hydrogen) atoms. The summed E-state index contributed by atoms with van der Waals surface area (Å²) in [7, 11) is 1.54. The van der Waals surface area contributed by atoms with E-state index in [-0.39, 0.29) is 30.6 Å². The molecule has 0 saturated carbocycles. The second-order valence-corrected chi connectivity index (χ2v) is 7.01. The predicted molar refractivity (Wildman–Crippen MR) is 113 cm³/mol. The Bertz CT molecular complexity index is 1090. The van der Waals surface area contributed by atoms with Gasteiger partial charge in [-0.3, -0.25) is 9.59 Å². The molecule has 3 aromatic rings. The van der Waals surface area contributed by atoms with Gasteiger partial charge in [0, 0.05) is 19.0 Å². The van der Waals surface area contributed by atoms with E-state index in [4.69, 9.17) is 9.47 Å². The molecule has 1 aliphatic heterocycles. The fraction of sp³-hybridized carbons (Fsp3) is 0.174. The maximum atomic E-state index is 13.0. The largest absolute Gasteiger partial charge is 0.495 e. The molecule has 1 N–H and O–H groups in total. The number of carbonyl (C=O) groups is 2. The number of pyridine rings is 1. The first-order valence-electron chi connectivity index (χ1n) is 9.67. The smallest absolute Gasteiger partial charge is 0.229 e. The van der Waals surface area contributed by atoms with Crippen LogP contribution in [-0.4, -0.2) is 30.5 Å². The Morgan fingerprint density at radius 3 is 2.61 bits per heavy atom. The number of nitrogens with zero attached hydrogens (tertiary/aromatic N) is 2. The van der Waals surface area contributed by atoms with E-state index in [1.807, 2.05) is 12.1 Å². The van der Waals surface area contributed by atoms with Crippen molar-refractivity contribution in [3.8, 4) is 17.4 Å². The number of hydrogen-bond acceptors (Lipinski definition) is 5. The number of halogens is 1. The summed E-state index contributed by atoms with van der Waals surface area (Å²) < 4.78 is 23.8. The number of hydrogen-bond donors (Lipinski definition) is 1. The molecule has 1 saturated heterocycles. The summed E-state index contributed by atoms with van der Waals surface area (Å²) in [6.07, 6.45) is 1.58.